The molecule has 1 aromatic heterocycles. The van der Waals surface area contributed by atoms with Crippen LogP contribution in [0.15, 0.2) is 15.9 Å². The summed E-state index contributed by atoms with van der Waals surface area (Å²) >= 11 is 0. The summed E-state index contributed by atoms with van der Waals surface area (Å²) in [4.78, 5) is 12.1. The van der Waals surface area contributed by atoms with Gasteiger partial charge in [-0.05, 0) is 0 Å². The lowest BCUT2D eigenvalue weighted by molar-refractivity contribution is -0.275. The van der Waals surface area contributed by atoms with Crippen molar-refractivity contribution in [3.63, 3.8) is 0 Å². The van der Waals surface area contributed by atoms with E-state index in [0.29, 0.717) is 6.20 Å². The first-order valence-corrected chi connectivity index (χ1v) is 6.37. The molecule has 1 rings (SSSR count). The van der Waals surface area contributed by atoms with Crippen molar-refractivity contribution in [1.82, 2.24) is 4.98 Å². The van der Waals surface area contributed by atoms with E-state index in [1.807, 2.05) is 0 Å². The Morgan fingerprint density at radius 1 is 1.33 bits per heavy atom. The smallest absolute Gasteiger partial charge is 0.491 e. The van der Waals surface area contributed by atoms with Crippen LogP contribution in [0.5, 0.6) is 11.5 Å². The number of aromatic nitrogens is 1. The van der Waals surface area contributed by atoms with Gasteiger partial charge in [0.25, 0.3) is 14.6 Å². The van der Waals surface area contributed by atoms with Crippen LogP contribution in [-0.2, 0) is 9.05 Å². The number of nitrogens with one attached hydrogen (secondary N) is 1. The van der Waals surface area contributed by atoms with E-state index in [2.05, 4.69) is 9.47 Å². The Morgan fingerprint density at radius 3 is 2.28 bits per heavy atom. The number of methoxy groups -OCH3 is 1. The fourth-order valence-corrected chi connectivity index (χ4v) is 2.00. The zero-order chi connectivity index (χ0) is 14.1. The molecule has 0 radical (unpaired) electrons. The highest BCUT2D eigenvalue weighted by Crippen LogP contribution is 2.35. The van der Waals surface area contributed by atoms with Crippen LogP contribution in [0.1, 0.15) is 0 Å². The van der Waals surface area contributed by atoms with Crippen molar-refractivity contribution < 1.29 is 31.1 Å². The molecule has 1 aromatic rings. The molecule has 6 nitrogen and oxygen atoms in total. The van der Waals surface area contributed by atoms with E-state index < -0.39 is 37.4 Å². The van der Waals surface area contributed by atoms with Crippen molar-refractivity contribution in [2.45, 2.75) is 11.3 Å². The number of H-pyrrole nitrogens is 1. The fourth-order valence-electron chi connectivity index (χ4n) is 1.06. The molecule has 102 valence electrons. The normalized spacial score (nSPS) is 12.3. The molecule has 18 heavy (non-hydrogen) atoms. The molecule has 0 spiro atoms. The molecule has 0 saturated heterocycles. The molecule has 1 N–H and O–H groups in total. The van der Waals surface area contributed by atoms with Crippen LogP contribution in [0.2, 0.25) is 0 Å². The summed E-state index contributed by atoms with van der Waals surface area (Å²) in [5.41, 5.74) is -1.31. The standard InChI is InChI=1S/C7H5ClF3NO5S/c1-16-4-3(18(8,14)15)2-12-6(13)5(4)17-7(9,10)11/h2H,1H3,(H,12,13). The maximum atomic E-state index is 12.1. The van der Waals surface area contributed by atoms with Crippen molar-refractivity contribution in [3.8, 4) is 11.5 Å². The number of hydrogen-bond donors (Lipinski definition) is 1. The van der Waals surface area contributed by atoms with Crippen LogP contribution >= 0.6 is 10.7 Å². The van der Waals surface area contributed by atoms with Crippen LogP contribution in [-0.4, -0.2) is 26.9 Å². The average Bonchev–Trinajstić information content (AvgIpc) is 2.17. The summed E-state index contributed by atoms with van der Waals surface area (Å²) in [7, 11) is 1.43. The summed E-state index contributed by atoms with van der Waals surface area (Å²) in [6.07, 6.45) is -4.58. The van der Waals surface area contributed by atoms with Crippen LogP contribution < -0.4 is 15.0 Å². The quantitative estimate of drug-likeness (QED) is 0.848. The van der Waals surface area contributed by atoms with Gasteiger partial charge in [-0.2, -0.15) is 0 Å². The van der Waals surface area contributed by atoms with Crippen LogP contribution in [0.3, 0.4) is 0 Å². The lowest BCUT2D eigenvalue weighted by Crippen LogP contribution is -2.24. The largest absolute Gasteiger partial charge is 0.573 e. The van der Waals surface area contributed by atoms with Gasteiger partial charge in [-0.25, -0.2) is 8.42 Å². The molecule has 1 heterocycles. The molecule has 0 aromatic carbocycles. The molecule has 0 unspecified atom stereocenters. The third kappa shape index (κ3) is 3.29. The Hall–Kier alpha value is -1.42. The van der Waals surface area contributed by atoms with Gasteiger partial charge in [0.05, 0.1) is 7.11 Å². The van der Waals surface area contributed by atoms with Gasteiger partial charge in [-0.15, -0.1) is 13.2 Å². The van der Waals surface area contributed by atoms with Gasteiger partial charge < -0.3 is 14.5 Å². The van der Waals surface area contributed by atoms with Crippen molar-refractivity contribution in [2.75, 3.05) is 7.11 Å². The highest BCUT2D eigenvalue weighted by molar-refractivity contribution is 8.13. The fraction of sp³-hybridized carbons (Fsp3) is 0.286. The highest BCUT2D eigenvalue weighted by Gasteiger charge is 2.35. The minimum Gasteiger partial charge on any atom is -0.491 e. The molecule has 0 aliphatic rings. The van der Waals surface area contributed by atoms with Crippen LogP contribution in [0, 0.1) is 0 Å². The van der Waals surface area contributed by atoms with Gasteiger partial charge in [0.15, 0.2) is 5.75 Å². The molecule has 0 saturated carbocycles. The lowest BCUT2D eigenvalue weighted by Gasteiger charge is -2.13. The maximum absolute atomic E-state index is 12.1. The number of ether oxygens (including phenoxy) is 2. The molecular weight excluding hydrogens is 303 g/mol. The molecule has 0 amide bonds. The Bertz CT molecular complexity index is 608. The Kier molecular flexibility index (Phi) is 3.81. The topological polar surface area (TPSA) is 85.5 Å². The number of halogens is 4. The summed E-state index contributed by atoms with van der Waals surface area (Å²) in [6, 6.07) is 0. The first kappa shape index (κ1) is 14.6. The van der Waals surface area contributed by atoms with Gasteiger partial charge >= 0.3 is 6.36 Å². The first-order chi connectivity index (χ1) is 8.06. The second-order valence-corrected chi connectivity index (χ2v) is 5.36. The average molecular weight is 308 g/mol. The second kappa shape index (κ2) is 4.69. The van der Waals surface area contributed by atoms with Crippen LogP contribution in [0.4, 0.5) is 13.2 Å². The van der Waals surface area contributed by atoms with E-state index in [9.17, 15) is 26.4 Å². The SMILES string of the molecule is COc1c(S(=O)(=O)Cl)c[nH]c(=O)c1OC(F)(F)F. The van der Waals surface area contributed by atoms with E-state index in [0.717, 1.165) is 7.11 Å². The van der Waals surface area contributed by atoms with Crippen molar-refractivity contribution in [2.24, 2.45) is 0 Å². The summed E-state index contributed by atoms with van der Waals surface area (Å²) in [5.74, 6) is -2.27. The molecule has 0 atom stereocenters. The van der Waals surface area contributed by atoms with Gasteiger partial charge in [0.2, 0.25) is 5.75 Å². The van der Waals surface area contributed by atoms with Gasteiger partial charge in [-0.3, -0.25) is 4.79 Å². The monoisotopic (exact) mass is 307 g/mol. The lowest BCUT2D eigenvalue weighted by atomic mass is 10.4. The van der Waals surface area contributed by atoms with Crippen molar-refractivity contribution in [3.05, 3.63) is 16.6 Å². The number of hydrogen-bond acceptors (Lipinski definition) is 5. The predicted octanol–water partition coefficient (Wildman–Crippen LogP) is 1.21. The van der Waals surface area contributed by atoms with E-state index >= 15 is 0 Å². The summed E-state index contributed by atoms with van der Waals surface area (Å²) < 4.78 is 66.1. The minimum atomic E-state index is -5.19. The molecule has 0 aliphatic carbocycles. The zero-order valence-electron chi connectivity index (χ0n) is 8.54. The number of aromatic amines is 1. The third-order valence-electron chi connectivity index (χ3n) is 1.66. The van der Waals surface area contributed by atoms with Crippen molar-refractivity contribution in [1.29, 1.82) is 0 Å². The molecule has 0 bridgehead atoms. The van der Waals surface area contributed by atoms with E-state index in [4.69, 9.17) is 10.7 Å². The van der Waals surface area contributed by atoms with E-state index in [1.54, 1.807) is 4.98 Å². The maximum Gasteiger partial charge on any atom is 0.573 e. The Balaban J connectivity index is 3.55. The van der Waals surface area contributed by atoms with Gasteiger partial charge in [-0.1, -0.05) is 0 Å². The summed E-state index contributed by atoms with van der Waals surface area (Å²) in [5, 5.41) is 0. The molecular formula is C7H5ClF3NO5S. The summed E-state index contributed by atoms with van der Waals surface area (Å²) in [6.45, 7) is 0. The molecule has 0 aliphatic heterocycles. The highest BCUT2D eigenvalue weighted by atomic mass is 35.7. The van der Waals surface area contributed by atoms with E-state index in [-0.39, 0.29) is 0 Å². The van der Waals surface area contributed by atoms with Gasteiger partial charge in [0, 0.05) is 16.9 Å². The van der Waals surface area contributed by atoms with Crippen LogP contribution in [0.25, 0.3) is 0 Å². The number of rotatable bonds is 3. The second-order valence-electron chi connectivity index (χ2n) is 2.83. The predicted molar refractivity (Wildman–Crippen MR) is 53.3 cm³/mol. The first-order valence-electron chi connectivity index (χ1n) is 4.06. The minimum absolute atomic E-state index is 0.604. The molecule has 11 heteroatoms. The van der Waals surface area contributed by atoms with Crippen molar-refractivity contribution >= 4 is 19.7 Å². The third-order valence-corrected chi connectivity index (χ3v) is 2.98. The van der Waals surface area contributed by atoms with Gasteiger partial charge in [0.1, 0.15) is 4.90 Å². The number of pyridine rings is 1. The Morgan fingerprint density at radius 2 is 1.89 bits per heavy atom. The van der Waals surface area contributed by atoms with E-state index in [1.165, 1.54) is 0 Å². The zero-order valence-corrected chi connectivity index (χ0v) is 10.1. The number of alkyl halides is 3. The molecule has 0 fully saturated rings. The Labute approximate surface area is 103 Å².